The van der Waals surface area contributed by atoms with E-state index in [9.17, 15) is 0 Å². The van der Waals surface area contributed by atoms with Crippen molar-refractivity contribution in [3.63, 3.8) is 0 Å². The summed E-state index contributed by atoms with van der Waals surface area (Å²) in [7, 11) is 0. The van der Waals surface area contributed by atoms with E-state index >= 15 is 0 Å². The first-order valence-corrected chi connectivity index (χ1v) is 18.1. The van der Waals surface area contributed by atoms with Crippen molar-refractivity contribution in [3.05, 3.63) is 170 Å². The SMILES string of the molecule is CCc1nc2ccccc2n1-c1cccc(-c2cccc(-c3c4ccccc4c(-c4ccc5sc6ccccc6c5c4)c4ccccc34)c2)c1. The maximum Gasteiger partial charge on any atom is 0.114 e. The molecule has 0 unspecified atom stereocenters. The Labute approximate surface area is 294 Å². The monoisotopic (exact) mass is 656 g/mol. The molecule has 0 spiro atoms. The molecule has 8 aromatic carbocycles. The van der Waals surface area contributed by atoms with Crippen LogP contribution in [0.1, 0.15) is 12.7 Å². The van der Waals surface area contributed by atoms with Crippen molar-refractivity contribution >= 4 is 64.1 Å². The molecule has 0 saturated heterocycles. The van der Waals surface area contributed by atoms with E-state index in [0.717, 1.165) is 29.0 Å². The van der Waals surface area contributed by atoms with Gasteiger partial charge in [-0.2, -0.15) is 0 Å². The fraction of sp³-hybridized carbons (Fsp3) is 0.0426. The molecule has 3 heteroatoms. The minimum absolute atomic E-state index is 0.863. The number of imidazole rings is 1. The summed E-state index contributed by atoms with van der Waals surface area (Å²) in [6, 6.07) is 60.0. The Morgan fingerprint density at radius 3 is 1.74 bits per heavy atom. The zero-order valence-corrected chi connectivity index (χ0v) is 28.4. The maximum absolute atomic E-state index is 4.94. The molecule has 0 N–H and O–H groups in total. The molecule has 2 heterocycles. The van der Waals surface area contributed by atoms with Gasteiger partial charge in [0.15, 0.2) is 0 Å². The summed E-state index contributed by atoms with van der Waals surface area (Å²) in [5.74, 6) is 1.07. The highest BCUT2D eigenvalue weighted by Gasteiger charge is 2.18. The quantitative estimate of drug-likeness (QED) is 0.169. The summed E-state index contributed by atoms with van der Waals surface area (Å²) < 4.78 is 4.96. The third kappa shape index (κ3) is 4.51. The van der Waals surface area contributed by atoms with Crippen LogP contribution in [0.4, 0.5) is 0 Å². The van der Waals surface area contributed by atoms with Crippen molar-refractivity contribution in [2.24, 2.45) is 0 Å². The van der Waals surface area contributed by atoms with Gasteiger partial charge in [0, 0.05) is 32.3 Å². The van der Waals surface area contributed by atoms with Gasteiger partial charge in [0.1, 0.15) is 5.82 Å². The Kier molecular flexibility index (Phi) is 6.68. The Balaban J connectivity index is 1.16. The largest absolute Gasteiger partial charge is 0.296 e. The second kappa shape index (κ2) is 11.5. The zero-order valence-electron chi connectivity index (χ0n) is 27.6. The highest BCUT2D eigenvalue weighted by Crippen LogP contribution is 2.45. The van der Waals surface area contributed by atoms with Gasteiger partial charge in [0.25, 0.3) is 0 Å². The van der Waals surface area contributed by atoms with Crippen molar-refractivity contribution in [1.82, 2.24) is 9.55 Å². The van der Waals surface area contributed by atoms with Gasteiger partial charge < -0.3 is 0 Å². The van der Waals surface area contributed by atoms with Gasteiger partial charge in [-0.1, -0.05) is 122 Å². The number of aryl methyl sites for hydroxylation is 1. The van der Waals surface area contributed by atoms with Crippen LogP contribution in [0.15, 0.2) is 164 Å². The van der Waals surface area contributed by atoms with Crippen molar-refractivity contribution in [1.29, 1.82) is 0 Å². The van der Waals surface area contributed by atoms with Crippen LogP contribution in [0.2, 0.25) is 0 Å². The molecule has 0 aliphatic rings. The molecule has 0 aliphatic carbocycles. The standard InChI is InChI=1S/C47H32N2S/c1-2-45-48-41-22-8-9-23-42(41)49(45)34-16-12-14-31(28-34)30-13-11-15-32(27-30)46-36-18-3-5-20-38(36)47(39-21-6-4-19-37(39)46)33-25-26-44-40(29-33)35-17-7-10-24-43(35)50-44/h3-29H,2H2,1H3. The number of aromatic nitrogens is 2. The number of hydrogen-bond acceptors (Lipinski definition) is 2. The van der Waals surface area contributed by atoms with Crippen LogP contribution in [-0.4, -0.2) is 9.55 Å². The molecule has 0 atom stereocenters. The lowest BCUT2D eigenvalue weighted by molar-refractivity contribution is 0.908. The van der Waals surface area contributed by atoms with Crippen LogP contribution in [0.25, 0.3) is 91.8 Å². The van der Waals surface area contributed by atoms with Gasteiger partial charge in [-0.25, -0.2) is 4.98 Å². The molecule has 10 rings (SSSR count). The highest BCUT2D eigenvalue weighted by atomic mass is 32.1. The van der Waals surface area contributed by atoms with E-state index < -0.39 is 0 Å². The molecule has 50 heavy (non-hydrogen) atoms. The van der Waals surface area contributed by atoms with Gasteiger partial charge in [0.05, 0.1) is 11.0 Å². The first kappa shape index (κ1) is 28.9. The molecule has 236 valence electrons. The van der Waals surface area contributed by atoms with Crippen LogP contribution in [0.5, 0.6) is 0 Å². The molecule has 0 amide bonds. The smallest absolute Gasteiger partial charge is 0.114 e. The predicted octanol–water partition coefficient (Wildman–Crippen LogP) is 13.3. The molecule has 2 aromatic heterocycles. The average Bonchev–Trinajstić information content (AvgIpc) is 3.75. The highest BCUT2D eigenvalue weighted by molar-refractivity contribution is 7.25. The molecule has 10 aromatic rings. The van der Waals surface area contributed by atoms with Gasteiger partial charge in [-0.05, 0) is 103 Å². The topological polar surface area (TPSA) is 17.8 Å². The van der Waals surface area contributed by atoms with E-state index in [0.29, 0.717) is 0 Å². The molecule has 2 nitrogen and oxygen atoms in total. The number of hydrogen-bond donors (Lipinski definition) is 0. The van der Waals surface area contributed by atoms with E-state index in [1.165, 1.54) is 75.1 Å². The number of fused-ring (bicyclic) bond motifs is 6. The maximum atomic E-state index is 4.94. The van der Waals surface area contributed by atoms with Gasteiger partial charge in [0.2, 0.25) is 0 Å². The average molecular weight is 657 g/mol. The summed E-state index contributed by atoms with van der Waals surface area (Å²) >= 11 is 1.87. The lowest BCUT2D eigenvalue weighted by Gasteiger charge is -2.18. The van der Waals surface area contributed by atoms with E-state index in [1.54, 1.807) is 0 Å². The van der Waals surface area contributed by atoms with Crippen LogP contribution in [0.3, 0.4) is 0 Å². The lowest BCUT2D eigenvalue weighted by atomic mass is 9.85. The Morgan fingerprint density at radius 1 is 0.460 bits per heavy atom. The molecule has 0 fully saturated rings. The normalized spacial score (nSPS) is 11.8. The van der Waals surface area contributed by atoms with Gasteiger partial charge in [-0.3, -0.25) is 4.57 Å². The van der Waals surface area contributed by atoms with Crippen molar-refractivity contribution < 1.29 is 0 Å². The Morgan fingerprint density at radius 2 is 1.02 bits per heavy atom. The molecular weight excluding hydrogens is 625 g/mol. The van der Waals surface area contributed by atoms with Crippen LogP contribution < -0.4 is 0 Å². The lowest BCUT2D eigenvalue weighted by Crippen LogP contribution is -2.00. The van der Waals surface area contributed by atoms with Crippen LogP contribution >= 0.6 is 11.3 Å². The Bertz CT molecular complexity index is 2870. The summed E-state index contributed by atoms with van der Waals surface area (Å²) in [5.41, 5.74) is 10.7. The first-order chi connectivity index (χ1) is 24.7. The third-order valence-electron chi connectivity index (χ3n) is 10.1. The predicted molar refractivity (Wildman–Crippen MR) is 215 cm³/mol. The number of thiophene rings is 1. The molecular formula is C47H32N2S. The van der Waals surface area contributed by atoms with E-state index in [-0.39, 0.29) is 0 Å². The second-order valence-corrected chi connectivity index (χ2v) is 14.1. The number of benzene rings is 8. The van der Waals surface area contributed by atoms with Crippen LogP contribution in [0, 0.1) is 0 Å². The Hall–Kier alpha value is -6.03. The molecule has 0 aliphatic heterocycles. The summed E-state index contributed by atoms with van der Waals surface area (Å²) in [5, 5.41) is 7.72. The minimum atomic E-state index is 0.863. The molecule has 0 radical (unpaired) electrons. The summed E-state index contributed by atoms with van der Waals surface area (Å²) in [6.45, 7) is 2.17. The summed E-state index contributed by atoms with van der Waals surface area (Å²) in [4.78, 5) is 4.94. The number of para-hydroxylation sites is 2. The fourth-order valence-electron chi connectivity index (χ4n) is 7.91. The van der Waals surface area contributed by atoms with E-state index in [4.69, 9.17) is 4.98 Å². The van der Waals surface area contributed by atoms with Crippen molar-refractivity contribution in [2.75, 3.05) is 0 Å². The molecule has 0 bridgehead atoms. The number of nitrogens with zero attached hydrogens (tertiary/aromatic N) is 2. The van der Waals surface area contributed by atoms with Crippen LogP contribution in [-0.2, 0) is 6.42 Å². The van der Waals surface area contributed by atoms with Crippen molar-refractivity contribution in [3.8, 4) is 39.1 Å². The van der Waals surface area contributed by atoms with Gasteiger partial charge >= 0.3 is 0 Å². The fourth-order valence-corrected chi connectivity index (χ4v) is 9.00. The van der Waals surface area contributed by atoms with Crippen molar-refractivity contribution in [2.45, 2.75) is 13.3 Å². The molecule has 0 saturated carbocycles. The third-order valence-corrected chi connectivity index (χ3v) is 11.3. The minimum Gasteiger partial charge on any atom is -0.296 e. The van der Waals surface area contributed by atoms with E-state index in [1.807, 2.05) is 11.3 Å². The summed E-state index contributed by atoms with van der Waals surface area (Å²) in [6.07, 6.45) is 0.863. The van der Waals surface area contributed by atoms with Gasteiger partial charge in [-0.15, -0.1) is 11.3 Å². The number of rotatable bonds is 5. The zero-order chi connectivity index (χ0) is 33.2. The van der Waals surface area contributed by atoms with E-state index in [2.05, 4.69) is 175 Å². The first-order valence-electron chi connectivity index (χ1n) is 17.3. The second-order valence-electron chi connectivity index (χ2n) is 13.0.